The van der Waals surface area contributed by atoms with E-state index in [-0.39, 0.29) is 11.3 Å². The minimum absolute atomic E-state index is 0.138. The van der Waals surface area contributed by atoms with Gasteiger partial charge >= 0.3 is 6.01 Å². The van der Waals surface area contributed by atoms with Crippen molar-refractivity contribution >= 4 is 11.6 Å². The van der Waals surface area contributed by atoms with E-state index in [1.165, 1.54) is 12.1 Å². The van der Waals surface area contributed by atoms with Crippen molar-refractivity contribution in [3.8, 4) is 12.0 Å². The van der Waals surface area contributed by atoms with Crippen molar-refractivity contribution in [1.29, 1.82) is 0 Å². The van der Waals surface area contributed by atoms with Gasteiger partial charge < -0.3 is 4.74 Å². The number of aryl methyl sites for hydroxylation is 1. The number of hydrogen-bond acceptors (Lipinski definition) is 5. The van der Waals surface area contributed by atoms with Gasteiger partial charge in [-0.05, 0) is 43.7 Å². The Morgan fingerprint density at radius 3 is 2.95 bits per heavy atom. The molecule has 2 aromatic heterocycles. The van der Waals surface area contributed by atoms with E-state index in [1.54, 1.807) is 6.33 Å². The van der Waals surface area contributed by atoms with Crippen LogP contribution < -0.4 is 4.74 Å². The molecule has 0 N–H and O–H groups in total. The van der Waals surface area contributed by atoms with Crippen molar-refractivity contribution in [2.45, 2.75) is 39.0 Å². The van der Waals surface area contributed by atoms with Gasteiger partial charge in [-0.3, -0.25) is 4.57 Å². The normalized spacial score (nSPS) is 14.1. The first-order chi connectivity index (χ1) is 9.78. The van der Waals surface area contributed by atoms with Gasteiger partial charge in [-0.25, -0.2) is 4.98 Å². The lowest BCUT2D eigenvalue weighted by atomic mass is 10.0. The maximum Gasteiger partial charge on any atom is 0.322 e. The Kier molecular flexibility index (Phi) is 3.82. The predicted molar refractivity (Wildman–Crippen MR) is 74.4 cm³/mol. The summed E-state index contributed by atoms with van der Waals surface area (Å²) in [7, 11) is 0. The molecule has 2 aromatic rings. The molecule has 0 unspecified atom stereocenters. The second-order valence-electron chi connectivity index (χ2n) is 4.75. The van der Waals surface area contributed by atoms with Crippen LogP contribution in [0.4, 0.5) is 0 Å². The van der Waals surface area contributed by atoms with E-state index in [1.807, 2.05) is 11.5 Å². The molecule has 0 saturated heterocycles. The molecular weight excluding hydrogens is 278 g/mol. The molecule has 0 atom stereocenters. The molecule has 106 valence electrons. The molecule has 0 bridgehead atoms. The molecule has 1 aliphatic rings. The zero-order chi connectivity index (χ0) is 13.9. The first-order valence-electron chi connectivity index (χ1n) is 6.87. The van der Waals surface area contributed by atoms with Crippen LogP contribution >= 0.6 is 11.6 Å². The van der Waals surface area contributed by atoms with Gasteiger partial charge in [0.15, 0.2) is 0 Å². The van der Waals surface area contributed by atoms with Gasteiger partial charge in [0.25, 0.3) is 0 Å². The molecule has 0 radical (unpaired) electrons. The minimum atomic E-state index is 0.138. The number of ether oxygens (including phenoxy) is 1. The molecule has 2 heterocycles. The molecular formula is C13H16ClN5O. The van der Waals surface area contributed by atoms with Crippen molar-refractivity contribution in [2.75, 3.05) is 6.61 Å². The van der Waals surface area contributed by atoms with E-state index in [9.17, 15) is 0 Å². The van der Waals surface area contributed by atoms with Crippen LogP contribution in [0.25, 0.3) is 5.95 Å². The van der Waals surface area contributed by atoms with E-state index in [0.29, 0.717) is 12.6 Å². The number of halogens is 1. The molecule has 0 saturated carbocycles. The molecule has 0 aliphatic heterocycles. The average molecular weight is 294 g/mol. The van der Waals surface area contributed by atoms with E-state index < -0.39 is 0 Å². The highest BCUT2D eigenvalue weighted by molar-refractivity contribution is 6.28. The smallest absolute Gasteiger partial charge is 0.322 e. The van der Waals surface area contributed by atoms with Crippen LogP contribution in [0, 0.1) is 0 Å². The lowest BCUT2D eigenvalue weighted by Crippen LogP contribution is -2.11. The maximum atomic E-state index is 5.95. The molecule has 0 amide bonds. The summed E-state index contributed by atoms with van der Waals surface area (Å²) >= 11 is 5.95. The van der Waals surface area contributed by atoms with Crippen molar-refractivity contribution in [3.05, 3.63) is 23.0 Å². The molecule has 0 aromatic carbocycles. The van der Waals surface area contributed by atoms with Crippen LogP contribution in [0.5, 0.6) is 6.01 Å². The molecule has 20 heavy (non-hydrogen) atoms. The van der Waals surface area contributed by atoms with Gasteiger partial charge in [0.2, 0.25) is 11.2 Å². The van der Waals surface area contributed by atoms with Gasteiger partial charge in [0.1, 0.15) is 6.33 Å². The number of aromatic nitrogens is 5. The van der Waals surface area contributed by atoms with Gasteiger partial charge in [0.05, 0.1) is 12.3 Å². The first kappa shape index (κ1) is 13.3. The van der Waals surface area contributed by atoms with Gasteiger partial charge in [-0.2, -0.15) is 15.0 Å². The molecule has 0 spiro atoms. The van der Waals surface area contributed by atoms with Crippen LogP contribution in [0.1, 0.15) is 37.6 Å². The van der Waals surface area contributed by atoms with Gasteiger partial charge in [0, 0.05) is 5.69 Å². The Morgan fingerprint density at radius 1 is 1.25 bits per heavy atom. The van der Waals surface area contributed by atoms with Crippen LogP contribution in [-0.2, 0) is 12.8 Å². The summed E-state index contributed by atoms with van der Waals surface area (Å²) < 4.78 is 7.33. The Hall–Kier alpha value is -1.69. The first-order valence-corrected chi connectivity index (χ1v) is 7.25. The topological polar surface area (TPSA) is 65.7 Å². The molecule has 7 heteroatoms. The third-order valence-electron chi connectivity index (χ3n) is 3.26. The van der Waals surface area contributed by atoms with Gasteiger partial charge in [-0.1, -0.05) is 6.92 Å². The summed E-state index contributed by atoms with van der Waals surface area (Å²) in [5.74, 6) is 0.478. The molecule has 0 fully saturated rings. The van der Waals surface area contributed by atoms with Crippen molar-refractivity contribution < 1.29 is 4.74 Å². The highest BCUT2D eigenvalue weighted by atomic mass is 35.5. The fourth-order valence-electron chi connectivity index (χ4n) is 2.33. The quantitative estimate of drug-likeness (QED) is 0.866. The van der Waals surface area contributed by atoms with E-state index in [4.69, 9.17) is 16.3 Å². The fourth-order valence-corrected chi connectivity index (χ4v) is 2.48. The van der Waals surface area contributed by atoms with Crippen LogP contribution in [0.15, 0.2) is 6.33 Å². The summed E-state index contributed by atoms with van der Waals surface area (Å²) in [5.41, 5.74) is 2.30. The lowest BCUT2D eigenvalue weighted by Gasteiger charge is -2.13. The van der Waals surface area contributed by atoms with Crippen molar-refractivity contribution in [2.24, 2.45) is 0 Å². The third kappa shape index (κ3) is 2.60. The second kappa shape index (κ2) is 5.75. The lowest BCUT2D eigenvalue weighted by molar-refractivity contribution is 0.290. The van der Waals surface area contributed by atoms with Crippen LogP contribution in [0.2, 0.25) is 5.28 Å². The monoisotopic (exact) mass is 293 g/mol. The largest absolute Gasteiger partial charge is 0.463 e. The Balaban J connectivity index is 1.97. The van der Waals surface area contributed by atoms with E-state index >= 15 is 0 Å². The summed E-state index contributed by atoms with van der Waals surface area (Å²) in [4.78, 5) is 16.9. The average Bonchev–Trinajstić information content (AvgIpc) is 2.88. The van der Waals surface area contributed by atoms with Gasteiger partial charge in [-0.15, -0.1) is 0 Å². The molecule has 3 rings (SSSR count). The Labute approximate surface area is 122 Å². The number of fused-ring (bicyclic) bond motifs is 1. The highest BCUT2D eigenvalue weighted by Crippen LogP contribution is 2.22. The standard InChI is InChI=1S/C13H16ClN5O/c1-2-7-20-13-17-11(14)16-12(18-13)19-8-15-9-5-3-4-6-10(9)19/h8H,2-7H2,1H3. The molecule has 6 nitrogen and oxygen atoms in total. The third-order valence-corrected chi connectivity index (χ3v) is 3.43. The zero-order valence-corrected chi connectivity index (χ0v) is 12.1. The summed E-state index contributed by atoms with van der Waals surface area (Å²) in [6, 6.07) is 0.264. The van der Waals surface area contributed by atoms with Crippen LogP contribution in [0.3, 0.4) is 0 Å². The number of rotatable bonds is 4. The van der Waals surface area contributed by atoms with Crippen molar-refractivity contribution in [3.63, 3.8) is 0 Å². The Morgan fingerprint density at radius 2 is 2.10 bits per heavy atom. The fraction of sp³-hybridized carbons (Fsp3) is 0.538. The van der Waals surface area contributed by atoms with E-state index in [0.717, 1.165) is 31.4 Å². The summed E-state index contributed by atoms with van der Waals surface area (Å²) in [6.07, 6.45) is 7.00. The Bertz CT molecular complexity index is 613. The predicted octanol–water partition coefficient (Wildman–Crippen LogP) is 2.38. The SMILES string of the molecule is CCCOc1nc(Cl)nc(-n2cnc3c2CCCC3)n1. The number of hydrogen-bond donors (Lipinski definition) is 0. The summed E-state index contributed by atoms with van der Waals surface area (Å²) in [6.45, 7) is 2.58. The zero-order valence-electron chi connectivity index (χ0n) is 11.3. The van der Waals surface area contributed by atoms with Crippen molar-refractivity contribution in [1.82, 2.24) is 24.5 Å². The second-order valence-corrected chi connectivity index (χ2v) is 5.09. The van der Waals surface area contributed by atoms with Crippen LogP contribution in [-0.4, -0.2) is 31.1 Å². The number of nitrogens with zero attached hydrogens (tertiary/aromatic N) is 5. The molecule has 1 aliphatic carbocycles. The minimum Gasteiger partial charge on any atom is -0.463 e. The maximum absolute atomic E-state index is 5.95. The summed E-state index contributed by atoms with van der Waals surface area (Å²) in [5, 5.41) is 0.138. The van der Waals surface area contributed by atoms with E-state index in [2.05, 4.69) is 19.9 Å². The number of imidazole rings is 1. The highest BCUT2D eigenvalue weighted by Gasteiger charge is 2.18.